The molecule has 0 bridgehead atoms. The molecule has 0 saturated heterocycles. The molecule has 1 aromatic heterocycles. The van der Waals surface area contributed by atoms with Crippen LogP contribution in [0.3, 0.4) is 0 Å². The molecule has 174 valence electrons. The molecule has 0 spiro atoms. The molecular weight excluding hydrogens is 438 g/mol. The van der Waals surface area contributed by atoms with Crippen LogP contribution in [-0.4, -0.2) is 29.4 Å². The van der Waals surface area contributed by atoms with Crippen LogP contribution in [0.2, 0.25) is 0 Å². The summed E-state index contributed by atoms with van der Waals surface area (Å²) in [6.07, 6.45) is 5.64. The van der Waals surface area contributed by atoms with Crippen LogP contribution >= 0.6 is 0 Å². The topological polar surface area (TPSA) is 65.4 Å². The fourth-order valence-corrected chi connectivity index (χ4v) is 4.46. The van der Waals surface area contributed by atoms with Gasteiger partial charge in [0.1, 0.15) is 12.4 Å². The average Bonchev–Trinajstić information content (AvgIpc) is 3.27. The van der Waals surface area contributed by atoms with Crippen molar-refractivity contribution in [3.05, 3.63) is 89.5 Å². The van der Waals surface area contributed by atoms with E-state index >= 15 is 0 Å². The van der Waals surface area contributed by atoms with E-state index in [1.807, 2.05) is 84.4 Å². The first-order chi connectivity index (χ1) is 17.1. The van der Waals surface area contributed by atoms with Gasteiger partial charge < -0.3 is 14.8 Å². The highest BCUT2D eigenvalue weighted by molar-refractivity contribution is 5.96. The molecule has 0 saturated carbocycles. The van der Waals surface area contributed by atoms with Crippen molar-refractivity contribution in [2.24, 2.45) is 0 Å². The van der Waals surface area contributed by atoms with Crippen molar-refractivity contribution in [3.8, 4) is 40.8 Å². The number of terminal acetylenes is 1. The molecule has 1 unspecified atom stereocenters. The van der Waals surface area contributed by atoms with E-state index in [-0.39, 0.29) is 18.4 Å². The number of nitrogens with one attached hydrogen (secondary N) is 1. The lowest BCUT2D eigenvalue weighted by atomic mass is 9.84. The highest BCUT2D eigenvalue weighted by Gasteiger charge is 2.34. The molecule has 2 heterocycles. The Hall–Kier alpha value is -4.50. The Bertz CT molecular complexity index is 1420. The number of carbonyl (C=O) groups is 1. The summed E-state index contributed by atoms with van der Waals surface area (Å²) in [7, 11) is 1.59. The number of amides is 1. The number of hydrogen-bond donors (Lipinski definition) is 1. The van der Waals surface area contributed by atoms with Crippen molar-refractivity contribution < 1.29 is 14.3 Å². The molecule has 35 heavy (non-hydrogen) atoms. The highest BCUT2D eigenvalue weighted by atomic mass is 16.5. The number of ether oxygens (including phenoxy) is 2. The number of hydrogen-bond acceptors (Lipinski definition) is 4. The lowest BCUT2D eigenvalue weighted by Gasteiger charge is -2.25. The number of anilines is 1. The standard InChI is InChI=1S/C29H25N3O3/c1-4-16-35-24-15-12-21(17-25(24)34-3)23-18-26(33)30-29-27(23)28(20-8-6-5-7-9-20)31-32(29)22-13-10-19(2)11-14-22/h1,5-15,17,23H,16,18H2,2-3H3,(H,30,33). The van der Waals surface area contributed by atoms with Crippen LogP contribution in [0.1, 0.15) is 29.0 Å². The van der Waals surface area contributed by atoms with Gasteiger partial charge >= 0.3 is 0 Å². The first-order valence-electron chi connectivity index (χ1n) is 11.4. The van der Waals surface area contributed by atoms with E-state index in [0.29, 0.717) is 23.7 Å². The molecule has 0 fully saturated rings. The third-order valence-electron chi connectivity index (χ3n) is 6.14. The summed E-state index contributed by atoms with van der Waals surface area (Å²) < 4.78 is 13.0. The van der Waals surface area contributed by atoms with Crippen molar-refractivity contribution in [2.45, 2.75) is 19.3 Å². The molecule has 0 radical (unpaired) electrons. The van der Waals surface area contributed by atoms with Gasteiger partial charge in [-0.25, -0.2) is 4.68 Å². The van der Waals surface area contributed by atoms with E-state index in [4.69, 9.17) is 21.0 Å². The minimum atomic E-state index is -0.219. The van der Waals surface area contributed by atoms with Crippen molar-refractivity contribution in [3.63, 3.8) is 0 Å². The maximum absolute atomic E-state index is 12.9. The molecule has 1 aliphatic heterocycles. The molecule has 0 aliphatic carbocycles. The second-order valence-electron chi connectivity index (χ2n) is 8.43. The number of aryl methyl sites for hydroxylation is 1. The van der Waals surface area contributed by atoms with Crippen LogP contribution < -0.4 is 14.8 Å². The van der Waals surface area contributed by atoms with Crippen LogP contribution in [0.25, 0.3) is 16.9 Å². The maximum atomic E-state index is 12.9. The summed E-state index contributed by atoms with van der Waals surface area (Å²) >= 11 is 0. The fraction of sp³-hybridized carbons (Fsp3) is 0.172. The molecule has 1 amide bonds. The van der Waals surface area contributed by atoms with Gasteiger partial charge in [-0.2, -0.15) is 5.10 Å². The third-order valence-corrected chi connectivity index (χ3v) is 6.14. The van der Waals surface area contributed by atoms with Gasteiger partial charge in [-0.15, -0.1) is 6.42 Å². The molecule has 3 aromatic carbocycles. The number of fused-ring (bicyclic) bond motifs is 1. The monoisotopic (exact) mass is 463 g/mol. The van der Waals surface area contributed by atoms with E-state index in [9.17, 15) is 4.79 Å². The van der Waals surface area contributed by atoms with E-state index in [1.165, 1.54) is 0 Å². The molecule has 6 nitrogen and oxygen atoms in total. The zero-order valence-corrected chi connectivity index (χ0v) is 19.6. The normalized spacial score (nSPS) is 14.5. The largest absolute Gasteiger partial charge is 0.493 e. The van der Waals surface area contributed by atoms with Gasteiger partial charge in [0.25, 0.3) is 0 Å². The van der Waals surface area contributed by atoms with Gasteiger partial charge in [0.05, 0.1) is 18.5 Å². The molecule has 5 rings (SSSR count). The van der Waals surface area contributed by atoms with Gasteiger partial charge in [-0.1, -0.05) is 60.0 Å². The lowest BCUT2D eigenvalue weighted by Crippen LogP contribution is -2.25. The van der Waals surface area contributed by atoms with Crippen LogP contribution in [-0.2, 0) is 4.79 Å². The Labute approximate surface area is 204 Å². The first kappa shape index (κ1) is 22.3. The molecule has 4 aromatic rings. The number of rotatable bonds is 6. The van der Waals surface area contributed by atoms with E-state index in [2.05, 4.69) is 11.2 Å². The Kier molecular flexibility index (Phi) is 5.99. The summed E-state index contributed by atoms with van der Waals surface area (Å²) in [6, 6.07) is 23.8. The molecule has 6 heteroatoms. The Morgan fingerprint density at radius 2 is 1.86 bits per heavy atom. The van der Waals surface area contributed by atoms with Gasteiger partial charge in [-0.05, 0) is 36.8 Å². The minimum Gasteiger partial charge on any atom is -0.493 e. The number of methoxy groups -OCH3 is 1. The number of benzene rings is 3. The lowest BCUT2D eigenvalue weighted by molar-refractivity contribution is -0.116. The third kappa shape index (κ3) is 4.24. The summed E-state index contributed by atoms with van der Waals surface area (Å²) in [5.41, 5.74) is 5.75. The SMILES string of the molecule is C#CCOc1ccc(C2CC(=O)Nc3c2c(-c2ccccc2)nn3-c2ccc(C)cc2)cc1OC. The number of nitrogens with zero attached hydrogens (tertiary/aromatic N) is 2. The smallest absolute Gasteiger partial charge is 0.226 e. The van der Waals surface area contributed by atoms with E-state index < -0.39 is 0 Å². The van der Waals surface area contributed by atoms with Crippen LogP contribution in [0.15, 0.2) is 72.8 Å². The molecule has 1 aliphatic rings. The van der Waals surface area contributed by atoms with E-state index in [0.717, 1.165) is 33.6 Å². The minimum absolute atomic E-state index is 0.0676. The van der Waals surface area contributed by atoms with Crippen molar-refractivity contribution in [1.82, 2.24) is 9.78 Å². The molecular formula is C29H25N3O3. The van der Waals surface area contributed by atoms with Gasteiger partial charge in [0.2, 0.25) is 5.91 Å². The predicted molar refractivity (Wildman–Crippen MR) is 136 cm³/mol. The van der Waals surface area contributed by atoms with Crippen LogP contribution in [0.4, 0.5) is 5.82 Å². The van der Waals surface area contributed by atoms with Crippen molar-refractivity contribution >= 4 is 11.7 Å². The molecule has 1 atom stereocenters. The van der Waals surface area contributed by atoms with Gasteiger partial charge in [-0.3, -0.25) is 4.79 Å². The zero-order valence-electron chi connectivity index (χ0n) is 19.6. The Morgan fingerprint density at radius 1 is 1.09 bits per heavy atom. The summed E-state index contributed by atoms with van der Waals surface area (Å²) in [6.45, 7) is 2.19. The summed E-state index contributed by atoms with van der Waals surface area (Å²) in [5.74, 6) is 4.00. The first-order valence-corrected chi connectivity index (χ1v) is 11.4. The van der Waals surface area contributed by atoms with Crippen LogP contribution in [0, 0.1) is 19.3 Å². The van der Waals surface area contributed by atoms with Crippen molar-refractivity contribution in [2.75, 3.05) is 19.0 Å². The molecule has 1 N–H and O–H groups in total. The maximum Gasteiger partial charge on any atom is 0.226 e. The zero-order chi connectivity index (χ0) is 24.4. The Morgan fingerprint density at radius 3 is 2.57 bits per heavy atom. The Balaban J connectivity index is 1.69. The van der Waals surface area contributed by atoms with Crippen molar-refractivity contribution in [1.29, 1.82) is 0 Å². The van der Waals surface area contributed by atoms with Gasteiger partial charge in [0, 0.05) is 23.5 Å². The van der Waals surface area contributed by atoms with Crippen LogP contribution in [0.5, 0.6) is 11.5 Å². The second kappa shape index (κ2) is 9.40. The van der Waals surface area contributed by atoms with Gasteiger partial charge in [0.15, 0.2) is 11.5 Å². The summed E-state index contributed by atoms with van der Waals surface area (Å²) in [4.78, 5) is 12.9. The average molecular weight is 464 g/mol. The summed E-state index contributed by atoms with van der Waals surface area (Å²) in [5, 5.41) is 8.08. The van der Waals surface area contributed by atoms with E-state index in [1.54, 1.807) is 7.11 Å². The quantitative estimate of drug-likeness (QED) is 0.392. The predicted octanol–water partition coefficient (Wildman–Crippen LogP) is 5.34. The number of aromatic nitrogens is 2. The fourth-order valence-electron chi connectivity index (χ4n) is 4.46. The number of carbonyl (C=O) groups excluding carboxylic acids is 1. The second-order valence-corrected chi connectivity index (χ2v) is 8.43. The highest BCUT2D eigenvalue weighted by Crippen LogP contribution is 2.45.